The number of rotatable bonds is 6. The van der Waals surface area contributed by atoms with Crippen LogP contribution in [0.25, 0.3) is 0 Å². The zero-order valence-corrected chi connectivity index (χ0v) is 18.5. The van der Waals surface area contributed by atoms with Crippen molar-refractivity contribution in [2.75, 3.05) is 39.1 Å². The Balaban J connectivity index is 2.31. The summed E-state index contributed by atoms with van der Waals surface area (Å²) in [7, 11) is 4.52. The van der Waals surface area contributed by atoms with Gasteiger partial charge in [0.25, 0.3) is 0 Å². The van der Waals surface area contributed by atoms with Gasteiger partial charge >= 0.3 is 35.7 Å². The smallest absolute Gasteiger partial charge is 0.337 e. The van der Waals surface area contributed by atoms with Crippen molar-refractivity contribution in [1.82, 2.24) is 0 Å². The minimum Gasteiger partial charge on any atom is -0.465 e. The van der Waals surface area contributed by atoms with Crippen molar-refractivity contribution in [1.29, 1.82) is 0 Å². The molecule has 2 rings (SSSR count). The predicted octanol–water partition coefficient (Wildman–Crippen LogP) is 1.41. The van der Waals surface area contributed by atoms with Gasteiger partial charge in [-0.25, -0.2) is 19.2 Å². The second-order valence-electron chi connectivity index (χ2n) is 6.47. The van der Waals surface area contributed by atoms with Crippen molar-refractivity contribution in [3.63, 3.8) is 0 Å². The van der Waals surface area contributed by atoms with Gasteiger partial charge < -0.3 is 29.6 Å². The van der Waals surface area contributed by atoms with Crippen LogP contribution >= 0.6 is 0 Å². The average molecular weight is 472 g/mol. The van der Waals surface area contributed by atoms with Crippen LogP contribution in [0, 0.1) is 0 Å². The van der Waals surface area contributed by atoms with Crippen molar-refractivity contribution in [2.45, 2.75) is 0 Å². The second kappa shape index (κ2) is 11.2. The van der Waals surface area contributed by atoms with Crippen LogP contribution in [0.2, 0.25) is 0 Å². The van der Waals surface area contributed by atoms with E-state index in [1.54, 1.807) is 0 Å². The van der Waals surface area contributed by atoms with E-state index in [0.717, 1.165) is 28.4 Å². The van der Waals surface area contributed by atoms with E-state index in [0.29, 0.717) is 0 Å². The minimum absolute atomic E-state index is 0.0676. The number of ether oxygens (including phenoxy) is 4. The van der Waals surface area contributed by atoms with E-state index in [2.05, 4.69) is 29.6 Å². The van der Waals surface area contributed by atoms with Crippen LogP contribution in [0.5, 0.6) is 0 Å². The molecule has 0 spiro atoms. The van der Waals surface area contributed by atoms with Crippen LogP contribution < -0.4 is 10.6 Å². The molecule has 2 N–H and O–H groups in total. The summed E-state index contributed by atoms with van der Waals surface area (Å²) in [5, 5.41) is 4.50. The van der Waals surface area contributed by atoms with Crippen molar-refractivity contribution < 1.29 is 47.7 Å². The van der Waals surface area contributed by atoms with Gasteiger partial charge in [0.15, 0.2) is 0 Å². The fourth-order valence-corrected chi connectivity index (χ4v) is 2.72. The van der Waals surface area contributed by atoms with E-state index in [1.807, 2.05) is 0 Å². The van der Waals surface area contributed by atoms with E-state index in [1.165, 1.54) is 36.4 Å². The summed E-state index contributed by atoms with van der Waals surface area (Å²) < 4.78 is 18.4. The Hall–Kier alpha value is -4.74. The molecule has 34 heavy (non-hydrogen) atoms. The Labute approximate surface area is 193 Å². The molecule has 0 atom stereocenters. The van der Waals surface area contributed by atoms with Crippen LogP contribution in [0.3, 0.4) is 0 Å². The molecule has 2 aromatic rings. The van der Waals surface area contributed by atoms with Crippen LogP contribution in [0.4, 0.5) is 11.4 Å². The van der Waals surface area contributed by atoms with Gasteiger partial charge in [-0.15, -0.1) is 0 Å². The molecule has 0 aliphatic carbocycles. The van der Waals surface area contributed by atoms with Gasteiger partial charge in [0.2, 0.25) is 0 Å². The first-order valence-electron chi connectivity index (χ1n) is 9.39. The number of carbonyl (C=O) groups is 6. The second-order valence-corrected chi connectivity index (χ2v) is 6.47. The van der Waals surface area contributed by atoms with Gasteiger partial charge in [0, 0.05) is 11.4 Å². The van der Waals surface area contributed by atoms with Crippen LogP contribution in [-0.4, -0.2) is 64.1 Å². The summed E-state index contributed by atoms with van der Waals surface area (Å²) in [6.45, 7) is 0. The summed E-state index contributed by atoms with van der Waals surface area (Å²) in [6, 6.07) is 7.15. The summed E-state index contributed by atoms with van der Waals surface area (Å²) in [6.07, 6.45) is 0. The molecule has 0 heterocycles. The maximum absolute atomic E-state index is 12.4. The van der Waals surface area contributed by atoms with Crippen molar-refractivity contribution in [3.05, 3.63) is 58.7 Å². The lowest BCUT2D eigenvalue weighted by Gasteiger charge is -2.11. The van der Waals surface area contributed by atoms with Crippen LogP contribution in [-0.2, 0) is 28.5 Å². The van der Waals surface area contributed by atoms with E-state index in [-0.39, 0.29) is 33.6 Å². The third-order valence-corrected chi connectivity index (χ3v) is 4.27. The molecule has 0 saturated carbocycles. The fraction of sp³-hybridized carbons (Fsp3) is 0.182. The Morgan fingerprint density at radius 1 is 0.471 bits per heavy atom. The number of esters is 4. The van der Waals surface area contributed by atoms with Crippen LogP contribution in [0.1, 0.15) is 41.4 Å². The van der Waals surface area contributed by atoms with Gasteiger partial charge in [-0.05, 0) is 36.4 Å². The van der Waals surface area contributed by atoms with Crippen molar-refractivity contribution in [2.24, 2.45) is 0 Å². The monoisotopic (exact) mass is 472 g/mol. The fourth-order valence-electron chi connectivity index (χ4n) is 2.72. The van der Waals surface area contributed by atoms with Gasteiger partial charge in [-0.3, -0.25) is 9.59 Å². The van der Waals surface area contributed by atoms with E-state index >= 15 is 0 Å². The van der Waals surface area contributed by atoms with Crippen LogP contribution in [0.15, 0.2) is 36.4 Å². The Morgan fingerprint density at radius 3 is 0.912 bits per heavy atom. The molecule has 12 heteroatoms. The predicted molar refractivity (Wildman–Crippen MR) is 116 cm³/mol. The number of amides is 2. The standard InChI is InChI=1S/C22H20N2O10/c1-31-19(27)11-5-12(20(28)32-2)8-15(7-11)23-17(25)18(26)24-16-9-13(21(29)33-3)6-14(10-16)22(30)34-4/h5-10H,1-4H3,(H,23,25)(H,24,26). The average Bonchev–Trinajstić information content (AvgIpc) is 2.85. The molecule has 2 amide bonds. The Kier molecular flexibility index (Phi) is 8.42. The molecule has 0 fully saturated rings. The number of anilines is 2. The first-order chi connectivity index (χ1) is 16.1. The number of benzene rings is 2. The molecule has 178 valence electrons. The normalized spacial score (nSPS) is 9.88. The lowest BCUT2D eigenvalue weighted by atomic mass is 10.1. The lowest BCUT2D eigenvalue weighted by molar-refractivity contribution is -0.132. The van der Waals surface area contributed by atoms with E-state index in [9.17, 15) is 28.8 Å². The number of methoxy groups -OCH3 is 4. The molecule has 0 aliphatic heterocycles. The molecule has 2 aromatic carbocycles. The molecular formula is C22H20N2O10. The number of carbonyl (C=O) groups excluding carboxylic acids is 6. The molecule has 0 unspecified atom stereocenters. The van der Waals surface area contributed by atoms with Gasteiger partial charge in [0.1, 0.15) is 0 Å². The number of nitrogens with one attached hydrogen (secondary N) is 2. The quantitative estimate of drug-likeness (QED) is 0.357. The number of hydrogen-bond acceptors (Lipinski definition) is 10. The molecular weight excluding hydrogens is 452 g/mol. The third kappa shape index (κ3) is 6.16. The Bertz CT molecular complexity index is 1010. The highest BCUT2D eigenvalue weighted by molar-refractivity contribution is 6.43. The zero-order chi connectivity index (χ0) is 25.4. The van der Waals surface area contributed by atoms with Crippen molar-refractivity contribution >= 4 is 47.1 Å². The molecule has 0 saturated heterocycles. The summed E-state index contributed by atoms with van der Waals surface area (Å²) in [5.74, 6) is -5.52. The van der Waals surface area contributed by atoms with Gasteiger partial charge in [-0.1, -0.05) is 0 Å². The van der Waals surface area contributed by atoms with Gasteiger partial charge in [0.05, 0.1) is 50.7 Å². The molecule has 0 aromatic heterocycles. The maximum Gasteiger partial charge on any atom is 0.337 e. The van der Waals surface area contributed by atoms with E-state index in [4.69, 9.17) is 0 Å². The molecule has 12 nitrogen and oxygen atoms in total. The highest BCUT2D eigenvalue weighted by Crippen LogP contribution is 2.19. The lowest BCUT2D eigenvalue weighted by Crippen LogP contribution is -2.29. The highest BCUT2D eigenvalue weighted by Gasteiger charge is 2.20. The number of hydrogen-bond donors (Lipinski definition) is 2. The Morgan fingerprint density at radius 2 is 0.706 bits per heavy atom. The van der Waals surface area contributed by atoms with Crippen molar-refractivity contribution in [3.8, 4) is 0 Å². The minimum atomic E-state index is -1.18. The SMILES string of the molecule is COC(=O)c1cc(NC(=O)C(=O)Nc2cc(C(=O)OC)cc(C(=O)OC)c2)cc(C(=O)OC)c1. The first-order valence-corrected chi connectivity index (χ1v) is 9.39. The topological polar surface area (TPSA) is 163 Å². The molecule has 0 aliphatic rings. The maximum atomic E-state index is 12.4. The largest absolute Gasteiger partial charge is 0.465 e. The third-order valence-electron chi connectivity index (χ3n) is 4.27. The van der Waals surface area contributed by atoms with Gasteiger partial charge in [-0.2, -0.15) is 0 Å². The summed E-state index contributed by atoms with van der Waals surface area (Å²) in [5.41, 5.74) is -0.433. The molecule has 0 radical (unpaired) electrons. The summed E-state index contributed by atoms with van der Waals surface area (Å²) in [4.78, 5) is 72.3. The van der Waals surface area contributed by atoms with E-state index < -0.39 is 35.7 Å². The highest BCUT2D eigenvalue weighted by atomic mass is 16.5. The molecule has 0 bridgehead atoms. The first kappa shape index (κ1) is 25.5. The zero-order valence-electron chi connectivity index (χ0n) is 18.5. The summed E-state index contributed by atoms with van der Waals surface area (Å²) >= 11 is 0.